The van der Waals surface area contributed by atoms with Crippen molar-refractivity contribution in [2.75, 3.05) is 6.54 Å². The Morgan fingerprint density at radius 1 is 1.56 bits per heavy atom. The predicted octanol–water partition coefficient (Wildman–Crippen LogP) is -0.188. The summed E-state index contributed by atoms with van der Waals surface area (Å²) in [5, 5.41) is 2.31. The summed E-state index contributed by atoms with van der Waals surface area (Å²) in [7, 11) is -2.60. The molecule has 0 spiro atoms. The molecule has 1 aromatic carbocycles. The lowest BCUT2D eigenvalue weighted by Gasteiger charge is -1.99. The molecule has 0 aliphatic rings. The van der Waals surface area contributed by atoms with Crippen molar-refractivity contribution in [3.05, 3.63) is 29.6 Å². The highest BCUT2D eigenvalue weighted by molar-refractivity contribution is 7.33. The molecule has 0 saturated carbocycles. The van der Waals surface area contributed by atoms with E-state index in [-0.39, 0.29) is 12.4 Å². The zero-order chi connectivity index (χ0) is 13.1. The molecule has 2 rings (SSSR count). The van der Waals surface area contributed by atoms with E-state index in [1.807, 2.05) is 6.07 Å². The second kappa shape index (κ2) is 5.22. The molecule has 0 saturated heterocycles. The Labute approximate surface area is 103 Å². The van der Waals surface area contributed by atoms with Gasteiger partial charge in [-0.2, -0.15) is 0 Å². The Hall–Kier alpha value is -1.82. The average molecular weight is 266 g/mol. The minimum absolute atomic E-state index is 0.0975. The first-order chi connectivity index (χ1) is 8.58. The highest BCUT2D eigenvalue weighted by atomic mass is 31.1. The van der Waals surface area contributed by atoms with E-state index in [4.69, 9.17) is 5.73 Å². The van der Waals surface area contributed by atoms with E-state index in [2.05, 4.69) is 15.1 Å². The molecular weight excluding hydrogens is 255 g/mol. The van der Waals surface area contributed by atoms with Gasteiger partial charge in [-0.15, -0.1) is 5.09 Å². The van der Waals surface area contributed by atoms with E-state index in [1.165, 1.54) is 0 Å². The van der Waals surface area contributed by atoms with E-state index < -0.39 is 14.1 Å². The molecule has 0 aliphatic carbocycles. The maximum atomic E-state index is 11.0. The number of nitrogens with zero attached hydrogens (tertiary/aromatic N) is 1. The number of carbonyl (C=O) groups excluding carboxylic acids is 1. The number of aromatic amines is 1. The second-order valence-corrected chi connectivity index (χ2v) is 4.51. The summed E-state index contributed by atoms with van der Waals surface area (Å²) in [6.07, 6.45) is 0.490. The van der Waals surface area contributed by atoms with Crippen molar-refractivity contribution in [3.63, 3.8) is 0 Å². The molecule has 94 valence electrons. The maximum Gasteiger partial charge on any atom is 0.408 e. The summed E-state index contributed by atoms with van der Waals surface area (Å²) in [4.78, 5) is 28.3. The Morgan fingerprint density at radius 3 is 3.00 bits per heavy atom. The third-order valence-electron chi connectivity index (χ3n) is 2.46. The van der Waals surface area contributed by atoms with Gasteiger partial charge in [0.1, 0.15) is 0 Å². The van der Waals surface area contributed by atoms with Gasteiger partial charge in [0.25, 0.3) is 5.91 Å². The van der Waals surface area contributed by atoms with Crippen LogP contribution in [0.4, 0.5) is 0 Å². The fourth-order valence-electron chi connectivity index (χ4n) is 1.69. The molecule has 0 aliphatic heterocycles. The molecule has 8 heteroatoms. The van der Waals surface area contributed by atoms with Gasteiger partial charge in [-0.25, -0.2) is 4.98 Å². The van der Waals surface area contributed by atoms with Crippen LogP contribution >= 0.6 is 8.18 Å². The third-order valence-corrected chi connectivity index (χ3v) is 2.95. The van der Waals surface area contributed by atoms with Crippen molar-refractivity contribution in [3.8, 4) is 0 Å². The lowest BCUT2D eigenvalue weighted by Crippen LogP contribution is -2.13. The van der Waals surface area contributed by atoms with Crippen LogP contribution < -0.4 is 15.7 Å². The number of aromatic nitrogens is 2. The van der Waals surface area contributed by atoms with Gasteiger partial charge in [-0.05, 0) is 18.1 Å². The number of primary amides is 1. The number of nitrogens with two attached hydrogens (primary N) is 1. The minimum atomic E-state index is -2.60. The van der Waals surface area contributed by atoms with E-state index in [0.29, 0.717) is 17.5 Å². The molecule has 2 aromatic rings. The van der Waals surface area contributed by atoms with Gasteiger partial charge >= 0.3 is 8.18 Å². The fourth-order valence-corrected chi connectivity index (χ4v) is 1.99. The van der Waals surface area contributed by atoms with Crippen LogP contribution in [0.25, 0.3) is 11.0 Å². The van der Waals surface area contributed by atoms with Crippen molar-refractivity contribution >= 4 is 25.1 Å². The van der Waals surface area contributed by atoms with Crippen LogP contribution in [0.15, 0.2) is 18.2 Å². The Balaban J connectivity index is 2.27. The summed E-state index contributed by atoms with van der Waals surface area (Å²) < 4.78 is 10.4. The number of benzene rings is 1. The molecule has 1 aromatic heterocycles. The Morgan fingerprint density at radius 2 is 2.33 bits per heavy atom. The normalized spacial score (nSPS) is 11.7. The zero-order valence-electron chi connectivity index (χ0n) is 9.34. The molecule has 0 fully saturated rings. The summed E-state index contributed by atoms with van der Waals surface area (Å²) in [5.74, 6) is -0.529. The number of H-pyrrole nitrogens is 1. The summed E-state index contributed by atoms with van der Waals surface area (Å²) in [6.45, 7) is 0.288. The largest absolute Gasteiger partial charge is 0.578 e. The molecule has 18 heavy (non-hydrogen) atoms. The smallest absolute Gasteiger partial charge is 0.408 e. The maximum absolute atomic E-state index is 11.0. The summed E-state index contributed by atoms with van der Waals surface area (Å²) >= 11 is 0. The fraction of sp³-hybridized carbons (Fsp3) is 0.200. The van der Waals surface area contributed by atoms with Gasteiger partial charge in [0, 0.05) is 6.54 Å². The number of hydrogen-bond donors (Lipinski definition) is 3. The van der Waals surface area contributed by atoms with E-state index in [9.17, 15) is 14.3 Å². The highest BCUT2D eigenvalue weighted by Crippen LogP contribution is 2.17. The van der Waals surface area contributed by atoms with Crippen molar-refractivity contribution in [2.45, 2.75) is 6.42 Å². The van der Waals surface area contributed by atoms with Gasteiger partial charge in [-0.3, -0.25) is 4.79 Å². The minimum Gasteiger partial charge on any atom is -0.578 e. The lowest BCUT2D eigenvalue weighted by molar-refractivity contribution is -0.167. The number of para-hydroxylation sites is 1. The molecular formula is C10H11N4O3P. The molecule has 7 nitrogen and oxygen atoms in total. The van der Waals surface area contributed by atoms with Gasteiger partial charge < -0.3 is 15.6 Å². The number of imidazole rings is 1. The third kappa shape index (κ3) is 2.70. The van der Waals surface area contributed by atoms with E-state index >= 15 is 0 Å². The van der Waals surface area contributed by atoms with Crippen LogP contribution in [0.5, 0.6) is 0 Å². The Kier molecular flexibility index (Phi) is 3.66. The van der Waals surface area contributed by atoms with Crippen molar-refractivity contribution in [1.82, 2.24) is 15.1 Å². The quantitative estimate of drug-likeness (QED) is 0.647. The lowest BCUT2D eigenvalue weighted by atomic mass is 10.1. The first-order valence-corrected chi connectivity index (χ1v) is 6.41. The van der Waals surface area contributed by atoms with Gasteiger partial charge in [0.05, 0.1) is 11.0 Å². The van der Waals surface area contributed by atoms with Crippen molar-refractivity contribution in [1.29, 1.82) is 0 Å². The van der Waals surface area contributed by atoms with Crippen molar-refractivity contribution < 1.29 is 14.3 Å². The van der Waals surface area contributed by atoms with Gasteiger partial charge in [0.15, 0.2) is 5.82 Å². The summed E-state index contributed by atoms with van der Waals surface area (Å²) in [6, 6.07) is 5.41. The molecule has 1 atom stereocenters. The zero-order valence-corrected chi connectivity index (χ0v) is 10.2. The topological polar surface area (TPSA) is 124 Å². The number of amides is 1. The number of fused-ring (bicyclic) bond motifs is 1. The molecule has 4 N–H and O–H groups in total. The van der Waals surface area contributed by atoms with Crippen LogP contribution in [0.3, 0.4) is 0 Å². The SMILES string of the molecule is NC(=O)c1nc2c(CCN[P+](=O)[O-])cccc2[nH]1. The van der Waals surface area contributed by atoms with E-state index in [0.717, 1.165) is 5.56 Å². The van der Waals surface area contributed by atoms with Crippen molar-refractivity contribution in [2.24, 2.45) is 5.73 Å². The van der Waals surface area contributed by atoms with E-state index in [1.54, 1.807) is 12.1 Å². The summed E-state index contributed by atoms with van der Waals surface area (Å²) in [5.41, 5.74) is 7.33. The first-order valence-electron chi connectivity index (χ1n) is 5.23. The van der Waals surface area contributed by atoms with Crippen LogP contribution in [0.1, 0.15) is 16.2 Å². The Bertz CT molecular complexity index is 610. The predicted molar refractivity (Wildman–Crippen MR) is 63.9 cm³/mol. The van der Waals surface area contributed by atoms with Crippen LogP contribution in [0, 0.1) is 0 Å². The number of nitrogens with one attached hydrogen (secondary N) is 2. The molecule has 0 bridgehead atoms. The monoisotopic (exact) mass is 266 g/mol. The average Bonchev–Trinajstić information content (AvgIpc) is 2.73. The van der Waals surface area contributed by atoms with Crippen LogP contribution in [-0.4, -0.2) is 22.4 Å². The number of rotatable bonds is 5. The molecule has 1 heterocycles. The number of carbonyl (C=O) groups is 1. The molecule has 0 radical (unpaired) electrons. The molecule has 1 unspecified atom stereocenters. The van der Waals surface area contributed by atoms with Crippen LogP contribution in [-0.2, 0) is 11.0 Å². The molecule has 1 amide bonds. The van der Waals surface area contributed by atoms with Gasteiger partial charge in [0.2, 0.25) is 0 Å². The second-order valence-electron chi connectivity index (χ2n) is 3.68. The highest BCUT2D eigenvalue weighted by Gasteiger charge is 2.11. The number of hydrogen-bond acceptors (Lipinski definition) is 4. The standard InChI is InChI=1S/C10H11N4O3P/c11-9(15)10-13-7-3-1-2-6(8(7)14-10)4-5-12-18(16)17/h1-3H,4-5H2,(H2,11,15)(H,13,14)(H,12,16,17). The first kappa shape index (κ1) is 12.6. The van der Waals surface area contributed by atoms with Crippen LogP contribution in [0.2, 0.25) is 0 Å². The van der Waals surface area contributed by atoms with Gasteiger partial charge in [-0.1, -0.05) is 16.7 Å².